The van der Waals surface area contributed by atoms with Gasteiger partial charge in [0, 0.05) is 11.1 Å². The standard InChI is InChI=1S/C11H17N3OS/c1-3-11(5-4-6-13-11)9(15)14-10-12-7-8(2)16-10/h7,13H,3-6H2,1-2H3,(H,12,14,15). The minimum Gasteiger partial charge on any atom is -0.303 e. The summed E-state index contributed by atoms with van der Waals surface area (Å²) in [5.41, 5.74) is -0.375. The third-order valence-electron chi connectivity index (χ3n) is 3.12. The molecule has 4 nitrogen and oxygen atoms in total. The average Bonchev–Trinajstić information content (AvgIpc) is 2.88. The highest BCUT2D eigenvalue weighted by Gasteiger charge is 2.39. The van der Waals surface area contributed by atoms with Crippen molar-refractivity contribution in [2.45, 2.75) is 38.6 Å². The molecule has 88 valence electrons. The average molecular weight is 239 g/mol. The summed E-state index contributed by atoms with van der Waals surface area (Å²) in [7, 11) is 0. The molecule has 1 aromatic heterocycles. The quantitative estimate of drug-likeness (QED) is 0.847. The maximum Gasteiger partial charge on any atom is 0.246 e. The van der Waals surface area contributed by atoms with E-state index < -0.39 is 0 Å². The number of carbonyl (C=O) groups is 1. The predicted molar refractivity (Wildman–Crippen MR) is 65.7 cm³/mol. The topological polar surface area (TPSA) is 54.0 Å². The van der Waals surface area contributed by atoms with Crippen molar-refractivity contribution in [3.05, 3.63) is 11.1 Å². The Bertz CT molecular complexity index is 382. The number of aryl methyl sites for hydroxylation is 1. The van der Waals surface area contributed by atoms with Crippen LogP contribution in [0.2, 0.25) is 0 Å². The second-order valence-electron chi connectivity index (χ2n) is 4.20. The number of thiazole rings is 1. The Balaban J connectivity index is 2.07. The molecule has 5 heteroatoms. The fraction of sp³-hybridized carbons (Fsp3) is 0.636. The van der Waals surface area contributed by atoms with E-state index in [9.17, 15) is 4.79 Å². The van der Waals surface area contributed by atoms with Gasteiger partial charge in [-0.15, -0.1) is 11.3 Å². The van der Waals surface area contributed by atoms with Crippen LogP contribution in [-0.2, 0) is 4.79 Å². The van der Waals surface area contributed by atoms with Gasteiger partial charge in [-0.2, -0.15) is 0 Å². The highest BCUT2D eigenvalue weighted by Crippen LogP contribution is 2.26. The molecule has 2 rings (SSSR count). The molecule has 1 aromatic rings. The Morgan fingerprint density at radius 1 is 1.75 bits per heavy atom. The lowest BCUT2D eigenvalue weighted by Crippen LogP contribution is -2.50. The number of amides is 1. The van der Waals surface area contributed by atoms with Crippen molar-refractivity contribution >= 4 is 22.4 Å². The largest absolute Gasteiger partial charge is 0.303 e. The number of hydrogen-bond acceptors (Lipinski definition) is 4. The zero-order chi connectivity index (χ0) is 11.6. The number of aromatic nitrogens is 1. The number of anilines is 1. The molecule has 1 aliphatic heterocycles. The molecule has 1 unspecified atom stereocenters. The lowest BCUT2D eigenvalue weighted by molar-refractivity contribution is -0.122. The van der Waals surface area contributed by atoms with Crippen LogP contribution >= 0.6 is 11.3 Å². The van der Waals surface area contributed by atoms with Gasteiger partial charge < -0.3 is 10.6 Å². The Labute approximate surface area is 99.5 Å². The summed E-state index contributed by atoms with van der Waals surface area (Å²) in [6, 6.07) is 0. The molecule has 0 saturated carbocycles. The maximum absolute atomic E-state index is 12.2. The second-order valence-corrected chi connectivity index (χ2v) is 5.43. The lowest BCUT2D eigenvalue weighted by atomic mass is 9.93. The van der Waals surface area contributed by atoms with Crippen LogP contribution in [0.5, 0.6) is 0 Å². The van der Waals surface area contributed by atoms with Crippen molar-refractivity contribution in [3.63, 3.8) is 0 Å². The predicted octanol–water partition coefficient (Wildman–Crippen LogP) is 1.92. The van der Waals surface area contributed by atoms with E-state index in [1.165, 1.54) is 11.3 Å². The molecule has 16 heavy (non-hydrogen) atoms. The highest BCUT2D eigenvalue weighted by molar-refractivity contribution is 7.15. The Morgan fingerprint density at radius 3 is 3.06 bits per heavy atom. The molecule has 0 radical (unpaired) electrons. The van der Waals surface area contributed by atoms with Gasteiger partial charge in [0.15, 0.2) is 5.13 Å². The van der Waals surface area contributed by atoms with Crippen LogP contribution in [0, 0.1) is 6.92 Å². The van der Waals surface area contributed by atoms with E-state index in [0.717, 1.165) is 30.7 Å². The first-order valence-corrected chi connectivity index (χ1v) is 6.47. The smallest absolute Gasteiger partial charge is 0.246 e. The van der Waals surface area contributed by atoms with Crippen molar-refractivity contribution in [1.82, 2.24) is 10.3 Å². The van der Waals surface area contributed by atoms with Gasteiger partial charge >= 0.3 is 0 Å². The lowest BCUT2D eigenvalue weighted by Gasteiger charge is -2.25. The summed E-state index contributed by atoms with van der Waals surface area (Å²) in [6.07, 6.45) is 4.59. The van der Waals surface area contributed by atoms with E-state index in [-0.39, 0.29) is 11.4 Å². The summed E-state index contributed by atoms with van der Waals surface area (Å²) in [6.45, 7) is 4.96. The third kappa shape index (κ3) is 2.10. The highest BCUT2D eigenvalue weighted by atomic mass is 32.1. The molecule has 2 heterocycles. The van der Waals surface area contributed by atoms with Gasteiger partial charge in [0.25, 0.3) is 0 Å². The fourth-order valence-corrected chi connectivity index (χ4v) is 2.75. The molecule has 0 aromatic carbocycles. The van der Waals surface area contributed by atoms with Crippen molar-refractivity contribution < 1.29 is 4.79 Å². The first-order chi connectivity index (χ1) is 7.66. The van der Waals surface area contributed by atoms with Crippen LogP contribution in [0.25, 0.3) is 0 Å². The van der Waals surface area contributed by atoms with Crippen LogP contribution in [0.3, 0.4) is 0 Å². The van der Waals surface area contributed by atoms with Crippen molar-refractivity contribution in [1.29, 1.82) is 0 Å². The number of nitrogens with zero attached hydrogens (tertiary/aromatic N) is 1. The second kappa shape index (κ2) is 4.51. The van der Waals surface area contributed by atoms with Crippen LogP contribution in [0.4, 0.5) is 5.13 Å². The first-order valence-electron chi connectivity index (χ1n) is 5.65. The summed E-state index contributed by atoms with van der Waals surface area (Å²) in [5, 5.41) is 6.91. The summed E-state index contributed by atoms with van der Waals surface area (Å²) < 4.78 is 0. The zero-order valence-corrected chi connectivity index (χ0v) is 10.5. The Hall–Kier alpha value is -0.940. The molecule has 0 bridgehead atoms. The van der Waals surface area contributed by atoms with E-state index >= 15 is 0 Å². The third-order valence-corrected chi connectivity index (χ3v) is 3.95. The van der Waals surface area contributed by atoms with Crippen LogP contribution < -0.4 is 10.6 Å². The van der Waals surface area contributed by atoms with E-state index in [4.69, 9.17) is 0 Å². The van der Waals surface area contributed by atoms with Gasteiger partial charge in [0.05, 0.1) is 5.54 Å². The zero-order valence-electron chi connectivity index (χ0n) is 9.67. The van der Waals surface area contributed by atoms with Gasteiger partial charge in [-0.25, -0.2) is 4.98 Å². The molecule has 0 aliphatic carbocycles. The van der Waals surface area contributed by atoms with E-state index in [2.05, 4.69) is 15.6 Å². The summed E-state index contributed by atoms with van der Waals surface area (Å²) >= 11 is 1.51. The molecule has 0 spiro atoms. The number of nitrogens with one attached hydrogen (secondary N) is 2. The van der Waals surface area contributed by atoms with E-state index in [0.29, 0.717) is 5.13 Å². The SMILES string of the molecule is CCC1(C(=O)Nc2ncc(C)s2)CCCN1. The summed E-state index contributed by atoms with van der Waals surface area (Å²) in [4.78, 5) is 17.4. The molecule has 1 aliphatic rings. The van der Waals surface area contributed by atoms with Gasteiger partial charge in [-0.1, -0.05) is 6.92 Å². The van der Waals surface area contributed by atoms with Crippen LogP contribution in [0.1, 0.15) is 31.1 Å². The monoisotopic (exact) mass is 239 g/mol. The first kappa shape index (κ1) is 11.5. The molecule has 1 atom stereocenters. The normalized spacial score (nSPS) is 24.6. The van der Waals surface area contributed by atoms with Crippen molar-refractivity contribution in [2.75, 3.05) is 11.9 Å². The van der Waals surface area contributed by atoms with E-state index in [1.807, 2.05) is 13.8 Å². The molecular weight excluding hydrogens is 222 g/mol. The van der Waals surface area contributed by atoms with Crippen LogP contribution in [0.15, 0.2) is 6.20 Å². The number of carbonyl (C=O) groups excluding carboxylic acids is 1. The van der Waals surface area contributed by atoms with Gasteiger partial charge in [0.2, 0.25) is 5.91 Å². The van der Waals surface area contributed by atoms with Gasteiger partial charge in [0.1, 0.15) is 0 Å². The summed E-state index contributed by atoms with van der Waals surface area (Å²) in [5.74, 6) is 0.0573. The fourth-order valence-electron chi connectivity index (χ4n) is 2.09. The maximum atomic E-state index is 12.2. The van der Waals surface area contributed by atoms with Crippen molar-refractivity contribution in [2.24, 2.45) is 0 Å². The molecule has 1 fully saturated rings. The van der Waals surface area contributed by atoms with Gasteiger partial charge in [-0.05, 0) is 32.7 Å². The minimum atomic E-state index is -0.375. The molecular formula is C11H17N3OS. The Morgan fingerprint density at radius 2 is 2.56 bits per heavy atom. The molecule has 1 saturated heterocycles. The molecule has 1 amide bonds. The van der Waals surface area contributed by atoms with Crippen molar-refractivity contribution in [3.8, 4) is 0 Å². The van der Waals surface area contributed by atoms with Crippen LogP contribution in [-0.4, -0.2) is 23.0 Å². The number of hydrogen-bond donors (Lipinski definition) is 2. The number of rotatable bonds is 3. The molecule has 2 N–H and O–H groups in total. The minimum absolute atomic E-state index is 0.0573. The van der Waals surface area contributed by atoms with Gasteiger partial charge in [-0.3, -0.25) is 4.79 Å². The van der Waals surface area contributed by atoms with E-state index in [1.54, 1.807) is 6.20 Å². The Kier molecular flexibility index (Phi) is 3.25.